The van der Waals surface area contributed by atoms with Crippen molar-refractivity contribution >= 4 is 11.7 Å². The van der Waals surface area contributed by atoms with Gasteiger partial charge in [-0.2, -0.15) is 0 Å². The fourth-order valence-electron chi connectivity index (χ4n) is 2.52. The van der Waals surface area contributed by atoms with E-state index in [0.29, 0.717) is 0 Å². The number of urea groups is 1. The van der Waals surface area contributed by atoms with Gasteiger partial charge in [-0.3, -0.25) is 4.90 Å². The molecule has 0 spiro atoms. The Bertz CT molecular complexity index is 458. The number of hydrogen-bond acceptors (Lipinski definition) is 2. The van der Waals surface area contributed by atoms with E-state index in [2.05, 4.69) is 23.5 Å². The summed E-state index contributed by atoms with van der Waals surface area (Å²) in [5.41, 5.74) is 3.77. The second kappa shape index (κ2) is 4.04. The number of likely N-dealkylation sites (N-methyl/N-ethyl adjacent to an activating group) is 1. The molecule has 4 heteroatoms. The molecular formula is C13H17N3O. The SMILES string of the molecule is CN1CCN(c2ccc3c(c2)CNCC3)C1=O. The Morgan fingerprint density at radius 3 is 2.88 bits per heavy atom. The summed E-state index contributed by atoms with van der Waals surface area (Å²) in [4.78, 5) is 15.5. The molecule has 2 heterocycles. The number of carbonyl (C=O) groups excluding carboxylic acids is 1. The zero-order chi connectivity index (χ0) is 11.8. The van der Waals surface area contributed by atoms with E-state index < -0.39 is 0 Å². The molecule has 3 rings (SSSR count). The van der Waals surface area contributed by atoms with Crippen LogP contribution >= 0.6 is 0 Å². The molecule has 0 atom stereocenters. The van der Waals surface area contributed by atoms with Gasteiger partial charge in [-0.15, -0.1) is 0 Å². The second-order valence-corrected chi connectivity index (χ2v) is 4.74. The number of amides is 2. The van der Waals surface area contributed by atoms with Crippen LogP contribution in [0.15, 0.2) is 18.2 Å². The van der Waals surface area contributed by atoms with Crippen molar-refractivity contribution in [2.75, 3.05) is 31.6 Å². The predicted octanol–water partition coefficient (Wildman–Crippen LogP) is 1.20. The van der Waals surface area contributed by atoms with E-state index in [-0.39, 0.29) is 6.03 Å². The molecule has 17 heavy (non-hydrogen) atoms. The van der Waals surface area contributed by atoms with Crippen molar-refractivity contribution in [3.63, 3.8) is 0 Å². The summed E-state index contributed by atoms with van der Waals surface area (Å²) in [6, 6.07) is 6.49. The molecule has 1 fully saturated rings. The molecule has 1 aromatic rings. The number of fused-ring (bicyclic) bond motifs is 1. The van der Waals surface area contributed by atoms with Gasteiger partial charge in [0.1, 0.15) is 0 Å². The van der Waals surface area contributed by atoms with E-state index in [4.69, 9.17) is 0 Å². The lowest BCUT2D eigenvalue weighted by Gasteiger charge is -2.21. The van der Waals surface area contributed by atoms with Crippen molar-refractivity contribution in [3.05, 3.63) is 29.3 Å². The number of nitrogens with zero attached hydrogens (tertiary/aromatic N) is 2. The van der Waals surface area contributed by atoms with Gasteiger partial charge in [-0.25, -0.2) is 4.79 Å². The number of carbonyl (C=O) groups is 1. The first-order valence-corrected chi connectivity index (χ1v) is 6.11. The highest BCUT2D eigenvalue weighted by Gasteiger charge is 2.27. The fraction of sp³-hybridized carbons (Fsp3) is 0.462. The smallest absolute Gasteiger partial charge is 0.324 e. The van der Waals surface area contributed by atoms with E-state index in [1.165, 1.54) is 11.1 Å². The van der Waals surface area contributed by atoms with Crippen LogP contribution in [0.4, 0.5) is 10.5 Å². The number of hydrogen-bond donors (Lipinski definition) is 1. The molecule has 0 unspecified atom stereocenters. The van der Waals surface area contributed by atoms with Gasteiger partial charge in [0.05, 0.1) is 0 Å². The summed E-state index contributed by atoms with van der Waals surface area (Å²) in [5.74, 6) is 0. The van der Waals surface area contributed by atoms with Crippen molar-refractivity contribution < 1.29 is 4.79 Å². The minimum absolute atomic E-state index is 0.105. The fourth-order valence-corrected chi connectivity index (χ4v) is 2.52. The van der Waals surface area contributed by atoms with Crippen LogP contribution in [0.1, 0.15) is 11.1 Å². The first-order chi connectivity index (χ1) is 8.25. The van der Waals surface area contributed by atoms with Gasteiger partial charge >= 0.3 is 6.03 Å². The summed E-state index contributed by atoms with van der Waals surface area (Å²) in [6.07, 6.45) is 1.09. The maximum Gasteiger partial charge on any atom is 0.324 e. The maximum absolute atomic E-state index is 11.9. The third kappa shape index (κ3) is 1.78. The molecule has 2 aliphatic heterocycles. The Hall–Kier alpha value is -1.55. The molecule has 2 amide bonds. The number of benzene rings is 1. The third-order valence-electron chi connectivity index (χ3n) is 3.60. The summed E-state index contributed by atoms with van der Waals surface area (Å²) in [7, 11) is 1.85. The molecule has 1 saturated heterocycles. The van der Waals surface area contributed by atoms with Crippen LogP contribution in [0.5, 0.6) is 0 Å². The Morgan fingerprint density at radius 2 is 2.12 bits per heavy atom. The van der Waals surface area contributed by atoms with Crippen LogP contribution in [-0.4, -0.2) is 37.6 Å². The largest absolute Gasteiger partial charge is 0.326 e. The van der Waals surface area contributed by atoms with Crippen molar-refractivity contribution in [3.8, 4) is 0 Å². The highest BCUT2D eigenvalue weighted by molar-refractivity contribution is 5.94. The van der Waals surface area contributed by atoms with Crippen LogP contribution in [0.25, 0.3) is 0 Å². The molecule has 2 aliphatic rings. The van der Waals surface area contributed by atoms with E-state index in [1.807, 2.05) is 11.9 Å². The first-order valence-electron chi connectivity index (χ1n) is 6.11. The van der Waals surface area contributed by atoms with Crippen molar-refractivity contribution in [2.45, 2.75) is 13.0 Å². The highest BCUT2D eigenvalue weighted by atomic mass is 16.2. The molecule has 0 aromatic heterocycles. The van der Waals surface area contributed by atoms with Gasteiger partial charge in [0.25, 0.3) is 0 Å². The molecule has 0 radical (unpaired) electrons. The first kappa shape index (κ1) is 10.6. The van der Waals surface area contributed by atoms with Gasteiger partial charge in [-0.1, -0.05) is 6.07 Å². The zero-order valence-electron chi connectivity index (χ0n) is 10.1. The Labute approximate surface area is 101 Å². The number of anilines is 1. The number of nitrogens with one attached hydrogen (secondary N) is 1. The third-order valence-corrected chi connectivity index (χ3v) is 3.60. The molecule has 0 aliphatic carbocycles. The maximum atomic E-state index is 11.9. The molecule has 1 aromatic carbocycles. The lowest BCUT2D eigenvalue weighted by Crippen LogP contribution is -2.30. The normalized spacial score (nSPS) is 19.7. The van der Waals surface area contributed by atoms with Crippen LogP contribution < -0.4 is 10.2 Å². The van der Waals surface area contributed by atoms with Gasteiger partial charge < -0.3 is 10.2 Å². The predicted molar refractivity (Wildman–Crippen MR) is 67.2 cm³/mol. The van der Waals surface area contributed by atoms with Crippen LogP contribution in [0.2, 0.25) is 0 Å². The lowest BCUT2D eigenvalue weighted by atomic mass is 10.0. The van der Waals surface area contributed by atoms with E-state index in [9.17, 15) is 4.79 Å². The average Bonchev–Trinajstić information content (AvgIpc) is 2.70. The Morgan fingerprint density at radius 1 is 1.24 bits per heavy atom. The van der Waals surface area contributed by atoms with E-state index in [1.54, 1.807) is 4.90 Å². The van der Waals surface area contributed by atoms with E-state index >= 15 is 0 Å². The molecule has 4 nitrogen and oxygen atoms in total. The monoisotopic (exact) mass is 231 g/mol. The van der Waals surface area contributed by atoms with Crippen molar-refractivity contribution in [1.29, 1.82) is 0 Å². The minimum atomic E-state index is 0.105. The Kier molecular flexibility index (Phi) is 2.52. The molecule has 90 valence electrons. The summed E-state index contributed by atoms with van der Waals surface area (Å²) in [5, 5.41) is 3.36. The average molecular weight is 231 g/mol. The molecule has 1 N–H and O–H groups in total. The van der Waals surface area contributed by atoms with Gasteiger partial charge in [0, 0.05) is 32.4 Å². The topological polar surface area (TPSA) is 35.6 Å². The van der Waals surface area contributed by atoms with Crippen molar-refractivity contribution in [1.82, 2.24) is 10.2 Å². The standard InChI is InChI=1S/C13H17N3O/c1-15-6-7-16(13(15)17)12-3-2-10-4-5-14-9-11(10)8-12/h2-3,8,14H,4-7,9H2,1H3. The van der Waals surface area contributed by atoms with Crippen LogP contribution in [0, 0.1) is 0 Å². The molecule has 0 bridgehead atoms. The van der Waals surface area contributed by atoms with Gasteiger partial charge in [0.2, 0.25) is 0 Å². The van der Waals surface area contributed by atoms with Crippen LogP contribution in [-0.2, 0) is 13.0 Å². The summed E-state index contributed by atoms with van der Waals surface area (Å²) in [6.45, 7) is 3.58. The second-order valence-electron chi connectivity index (χ2n) is 4.74. The van der Waals surface area contributed by atoms with Crippen LogP contribution in [0.3, 0.4) is 0 Å². The quantitative estimate of drug-likeness (QED) is 0.788. The minimum Gasteiger partial charge on any atom is -0.326 e. The van der Waals surface area contributed by atoms with Gasteiger partial charge in [0.15, 0.2) is 0 Å². The zero-order valence-corrected chi connectivity index (χ0v) is 10.1. The summed E-state index contributed by atoms with van der Waals surface area (Å²) < 4.78 is 0. The molecular weight excluding hydrogens is 214 g/mol. The summed E-state index contributed by atoms with van der Waals surface area (Å²) >= 11 is 0. The van der Waals surface area contributed by atoms with Crippen molar-refractivity contribution in [2.24, 2.45) is 0 Å². The van der Waals surface area contributed by atoms with E-state index in [0.717, 1.165) is 38.3 Å². The lowest BCUT2D eigenvalue weighted by molar-refractivity contribution is 0.229. The Balaban J connectivity index is 1.91. The van der Waals surface area contributed by atoms with Gasteiger partial charge in [-0.05, 0) is 36.2 Å². The highest BCUT2D eigenvalue weighted by Crippen LogP contribution is 2.24. The number of rotatable bonds is 1. The molecule has 0 saturated carbocycles.